The Bertz CT molecular complexity index is 753. The average Bonchev–Trinajstić information content (AvgIpc) is 2.65. The predicted octanol–water partition coefficient (Wildman–Crippen LogP) is 2.59. The van der Waals surface area contributed by atoms with Gasteiger partial charge in [-0.1, -0.05) is 12.1 Å². The number of esters is 2. The molecule has 0 aliphatic heterocycles. The maximum Gasteiger partial charge on any atom is 0.337 e. The van der Waals surface area contributed by atoms with Crippen molar-refractivity contribution < 1.29 is 28.9 Å². The Morgan fingerprint density at radius 3 is 2.12 bits per heavy atom. The van der Waals surface area contributed by atoms with Crippen LogP contribution in [0.1, 0.15) is 26.3 Å². The highest BCUT2D eigenvalue weighted by Crippen LogP contribution is 2.30. The van der Waals surface area contributed by atoms with E-state index in [4.69, 9.17) is 14.2 Å². The highest BCUT2D eigenvalue weighted by molar-refractivity contribution is 5.96. The monoisotopic (exact) mass is 345 g/mol. The van der Waals surface area contributed by atoms with Crippen molar-refractivity contribution in [2.45, 2.75) is 6.54 Å². The minimum absolute atomic E-state index is 0.0230. The van der Waals surface area contributed by atoms with Crippen molar-refractivity contribution in [1.29, 1.82) is 0 Å². The minimum Gasteiger partial charge on any atom is -0.504 e. The van der Waals surface area contributed by atoms with Crippen LogP contribution in [0.2, 0.25) is 0 Å². The standard InChI is InChI=1S/C18H19NO6/c1-23-15-6-4-5-11(16(15)20)10-19-14-8-12(17(21)24-2)7-13(9-14)18(22)25-3/h4-9,19-20H,10H2,1-3H3. The maximum absolute atomic E-state index is 11.8. The number of hydrogen-bond donors (Lipinski definition) is 2. The summed E-state index contributed by atoms with van der Waals surface area (Å²) in [6.45, 7) is 0.258. The number of anilines is 1. The third-order valence-corrected chi connectivity index (χ3v) is 3.56. The van der Waals surface area contributed by atoms with E-state index < -0.39 is 11.9 Å². The van der Waals surface area contributed by atoms with E-state index in [2.05, 4.69) is 5.32 Å². The van der Waals surface area contributed by atoms with Crippen molar-refractivity contribution in [2.75, 3.05) is 26.6 Å². The number of para-hydroxylation sites is 1. The predicted molar refractivity (Wildman–Crippen MR) is 91.1 cm³/mol. The third-order valence-electron chi connectivity index (χ3n) is 3.56. The molecule has 2 N–H and O–H groups in total. The first-order chi connectivity index (χ1) is 12.0. The zero-order chi connectivity index (χ0) is 18.4. The lowest BCUT2D eigenvalue weighted by Crippen LogP contribution is -2.09. The molecular formula is C18H19NO6. The van der Waals surface area contributed by atoms with Gasteiger partial charge in [0, 0.05) is 17.8 Å². The van der Waals surface area contributed by atoms with Crippen molar-refractivity contribution in [2.24, 2.45) is 0 Å². The first-order valence-corrected chi connectivity index (χ1v) is 7.40. The smallest absolute Gasteiger partial charge is 0.337 e. The molecule has 0 aliphatic carbocycles. The van der Waals surface area contributed by atoms with Crippen molar-refractivity contribution >= 4 is 17.6 Å². The van der Waals surface area contributed by atoms with Gasteiger partial charge < -0.3 is 24.6 Å². The second kappa shape index (κ2) is 8.05. The fourth-order valence-electron chi connectivity index (χ4n) is 2.27. The van der Waals surface area contributed by atoms with Gasteiger partial charge in [-0.2, -0.15) is 0 Å². The number of aromatic hydroxyl groups is 1. The molecule has 0 bridgehead atoms. The van der Waals surface area contributed by atoms with Crippen LogP contribution in [0.4, 0.5) is 5.69 Å². The molecule has 2 aromatic rings. The number of rotatable bonds is 6. The molecular weight excluding hydrogens is 326 g/mol. The number of phenols is 1. The summed E-state index contributed by atoms with van der Waals surface area (Å²) in [5, 5.41) is 13.2. The normalized spacial score (nSPS) is 10.0. The summed E-state index contributed by atoms with van der Waals surface area (Å²) >= 11 is 0. The third kappa shape index (κ3) is 4.20. The van der Waals surface area contributed by atoms with Crippen LogP contribution in [-0.4, -0.2) is 38.4 Å². The van der Waals surface area contributed by atoms with Crippen molar-refractivity contribution in [3.63, 3.8) is 0 Å². The summed E-state index contributed by atoms with van der Waals surface area (Å²) in [4.78, 5) is 23.6. The molecule has 0 spiro atoms. The van der Waals surface area contributed by atoms with E-state index >= 15 is 0 Å². The number of carbonyl (C=O) groups is 2. The molecule has 2 rings (SSSR count). The van der Waals surface area contributed by atoms with Gasteiger partial charge in [-0.15, -0.1) is 0 Å². The molecule has 7 heteroatoms. The second-order valence-corrected chi connectivity index (χ2v) is 5.10. The summed E-state index contributed by atoms with van der Waals surface area (Å²) in [5.74, 6) is -0.760. The van der Waals surface area contributed by atoms with E-state index in [0.717, 1.165) is 0 Å². The van der Waals surface area contributed by atoms with Gasteiger partial charge in [0.05, 0.1) is 32.5 Å². The molecule has 2 aromatic carbocycles. The van der Waals surface area contributed by atoms with Crippen molar-refractivity contribution in [3.05, 3.63) is 53.1 Å². The van der Waals surface area contributed by atoms with Crippen LogP contribution in [0.15, 0.2) is 36.4 Å². The van der Waals surface area contributed by atoms with Crippen LogP contribution in [0.25, 0.3) is 0 Å². The zero-order valence-electron chi connectivity index (χ0n) is 14.2. The van der Waals surface area contributed by atoms with Crippen LogP contribution in [0, 0.1) is 0 Å². The number of nitrogens with one attached hydrogen (secondary N) is 1. The second-order valence-electron chi connectivity index (χ2n) is 5.10. The first kappa shape index (κ1) is 18.1. The van der Waals surface area contributed by atoms with E-state index in [1.54, 1.807) is 30.3 Å². The molecule has 0 aromatic heterocycles. The molecule has 0 radical (unpaired) electrons. The molecule has 0 fully saturated rings. The fourth-order valence-corrected chi connectivity index (χ4v) is 2.27. The summed E-state index contributed by atoms with van der Waals surface area (Å²) < 4.78 is 14.5. The molecule has 0 unspecified atom stereocenters. The van der Waals surface area contributed by atoms with Crippen molar-refractivity contribution in [3.8, 4) is 11.5 Å². The van der Waals surface area contributed by atoms with Crippen LogP contribution in [0.3, 0.4) is 0 Å². The molecule has 7 nitrogen and oxygen atoms in total. The summed E-state index contributed by atoms with van der Waals surface area (Å²) in [5.41, 5.74) is 1.53. The highest BCUT2D eigenvalue weighted by Gasteiger charge is 2.14. The SMILES string of the molecule is COC(=O)c1cc(NCc2cccc(OC)c2O)cc(C(=O)OC)c1. The van der Waals surface area contributed by atoms with Gasteiger partial charge >= 0.3 is 11.9 Å². The zero-order valence-corrected chi connectivity index (χ0v) is 14.2. The average molecular weight is 345 g/mol. The van der Waals surface area contributed by atoms with E-state index in [-0.39, 0.29) is 23.4 Å². The Hall–Kier alpha value is -3.22. The van der Waals surface area contributed by atoms with Crippen LogP contribution >= 0.6 is 0 Å². The van der Waals surface area contributed by atoms with Crippen molar-refractivity contribution in [1.82, 2.24) is 0 Å². The van der Waals surface area contributed by atoms with Crippen LogP contribution in [-0.2, 0) is 16.0 Å². The largest absolute Gasteiger partial charge is 0.504 e. The Labute approximate surface area is 145 Å². The lowest BCUT2D eigenvalue weighted by molar-refractivity contribution is 0.0599. The van der Waals surface area contributed by atoms with E-state index in [9.17, 15) is 14.7 Å². The lowest BCUT2D eigenvalue weighted by Gasteiger charge is -2.12. The molecule has 0 saturated heterocycles. The van der Waals surface area contributed by atoms with Gasteiger partial charge in [-0.3, -0.25) is 0 Å². The summed E-state index contributed by atoms with van der Waals surface area (Å²) in [6.07, 6.45) is 0. The van der Waals surface area contributed by atoms with Crippen LogP contribution < -0.4 is 10.1 Å². The number of carbonyl (C=O) groups excluding carboxylic acids is 2. The van der Waals surface area contributed by atoms with E-state index in [1.807, 2.05) is 0 Å². The minimum atomic E-state index is -0.571. The Balaban J connectivity index is 2.29. The van der Waals surface area contributed by atoms with E-state index in [0.29, 0.717) is 17.0 Å². The Kier molecular flexibility index (Phi) is 5.84. The van der Waals surface area contributed by atoms with Crippen LogP contribution in [0.5, 0.6) is 11.5 Å². The van der Waals surface area contributed by atoms with Gasteiger partial charge in [0.2, 0.25) is 0 Å². The lowest BCUT2D eigenvalue weighted by atomic mass is 10.1. The highest BCUT2D eigenvalue weighted by atomic mass is 16.5. The first-order valence-electron chi connectivity index (χ1n) is 7.40. The van der Waals surface area contributed by atoms with Gasteiger partial charge in [0.1, 0.15) is 0 Å². The maximum atomic E-state index is 11.8. The molecule has 132 valence electrons. The molecule has 25 heavy (non-hydrogen) atoms. The number of methoxy groups -OCH3 is 3. The van der Waals surface area contributed by atoms with Gasteiger partial charge in [-0.05, 0) is 24.3 Å². The van der Waals surface area contributed by atoms with Gasteiger partial charge in [-0.25, -0.2) is 9.59 Å². The molecule has 0 heterocycles. The summed E-state index contributed by atoms with van der Waals surface area (Å²) in [7, 11) is 3.98. The molecule has 0 amide bonds. The Morgan fingerprint density at radius 1 is 1.00 bits per heavy atom. The molecule has 0 atom stereocenters. The Morgan fingerprint density at radius 2 is 1.60 bits per heavy atom. The van der Waals surface area contributed by atoms with Gasteiger partial charge in [0.15, 0.2) is 11.5 Å². The van der Waals surface area contributed by atoms with E-state index in [1.165, 1.54) is 27.4 Å². The number of phenolic OH excluding ortho intramolecular Hbond substituents is 1. The topological polar surface area (TPSA) is 94.1 Å². The number of benzene rings is 2. The number of hydrogen-bond acceptors (Lipinski definition) is 7. The molecule has 0 saturated carbocycles. The van der Waals surface area contributed by atoms with Gasteiger partial charge in [0.25, 0.3) is 0 Å². The quantitative estimate of drug-likeness (QED) is 0.777. The summed E-state index contributed by atoms with van der Waals surface area (Å²) in [6, 6.07) is 9.62. The molecule has 0 aliphatic rings. The fraction of sp³-hybridized carbons (Fsp3) is 0.222. The number of ether oxygens (including phenoxy) is 3.